The first kappa shape index (κ1) is 19.8. The molecule has 3 saturated heterocycles. The van der Waals surface area contributed by atoms with Crippen LogP contribution in [0.4, 0.5) is 13.2 Å². The first-order chi connectivity index (χ1) is 14.0. The Hall–Kier alpha value is -2.54. The molecule has 0 aliphatic carbocycles. The minimum Gasteiger partial charge on any atom is -0.488 e. The van der Waals surface area contributed by atoms with Gasteiger partial charge in [0.15, 0.2) is 0 Å². The average molecular weight is 404 g/mol. The lowest BCUT2D eigenvalue weighted by Gasteiger charge is -2.42. The first-order valence-electron chi connectivity index (χ1n) is 9.79. The molecule has 2 aromatic rings. The van der Waals surface area contributed by atoms with Crippen LogP contribution >= 0.6 is 0 Å². The van der Waals surface area contributed by atoms with E-state index in [0.717, 1.165) is 38.5 Å². The number of para-hydroxylation sites is 1. The number of hydrogen-bond acceptors (Lipinski definition) is 4. The molecule has 3 aliphatic rings. The molecule has 154 valence electrons. The largest absolute Gasteiger partial charge is 0.488 e. The molecule has 0 aromatic heterocycles. The van der Waals surface area contributed by atoms with E-state index in [0.29, 0.717) is 17.2 Å². The maximum atomic E-state index is 13.2. The van der Waals surface area contributed by atoms with E-state index in [2.05, 4.69) is 10.1 Å². The maximum Gasteiger partial charge on any atom is 0.416 e. The number of fused-ring (bicyclic) bond motifs is 3. The molecule has 4 nitrogen and oxygen atoms in total. The second kappa shape index (κ2) is 8.45. The van der Waals surface area contributed by atoms with Gasteiger partial charge in [-0.1, -0.05) is 35.5 Å². The molecule has 5 rings (SSSR count). The first-order valence-corrected chi connectivity index (χ1v) is 9.79. The number of piperidine rings is 3. The molecule has 3 aliphatic heterocycles. The number of halogens is 3. The third-order valence-corrected chi connectivity index (χ3v) is 5.61. The van der Waals surface area contributed by atoms with E-state index >= 15 is 0 Å². The van der Waals surface area contributed by atoms with Crippen molar-refractivity contribution in [3.8, 4) is 5.75 Å². The number of alkyl halides is 3. The van der Waals surface area contributed by atoms with Gasteiger partial charge in [0.1, 0.15) is 18.5 Å². The van der Waals surface area contributed by atoms with Crippen LogP contribution in [-0.4, -0.2) is 36.9 Å². The molecular weight excluding hydrogens is 381 g/mol. The van der Waals surface area contributed by atoms with Crippen molar-refractivity contribution >= 4 is 6.21 Å². The van der Waals surface area contributed by atoms with Crippen molar-refractivity contribution in [3.63, 3.8) is 0 Å². The molecule has 0 amide bonds. The highest BCUT2D eigenvalue weighted by molar-refractivity contribution is 5.83. The highest BCUT2D eigenvalue weighted by atomic mass is 19.4. The Morgan fingerprint density at radius 2 is 1.76 bits per heavy atom. The van der Waals surface area contributed by atoms with Gasteiger partial charge in [-0.05, 0) is 44.1 Å². The summed E-state index contributed by atoms with van der Waals surface area (Å²) in [6, 6.07) is 12.6. The van der Waals surface area contributed by atoms with Crippen molar-refractivity contribution in [2.75, 3.05) is 19.6 Å². The van der Waals surface area contributed by atoms with Crippen LogP contribution in [0.15, 0.2) is 53.7 Å². The van der Waals surface area contributed by atoms with Crippen LogP contribution in [0.25, 0.3) is 0 Å². The molecular formula is C22H23F3N2O2. The third kappa shape index (κ3) is 4.72. The van der Waals surface area contributed by atoms with Gasteiger partial charge in [0.2, 0.25) is 0 Å². The fraction of sp³-hybridized carbons (Fsp3) is 0.409. The van der Waals surface area contributed by atoms with E-state index in [-0.39, 0.29) is 18.3 Å². The van der Waals surface area contributed by atoms with Crippen LogP contribution in [0.2, 0.25) is 0 Å². The van der Waals surface area contributed by atoms with Crippen LogP contribution in [0, 0.1) is 5.92 Å². The van der Waals surface area contributed by atoms with Gasteiger partial charge in [-0.2, -0.15) is 13.2 Å². The summed E-state index contributed by atoms with van der Waals surface area (Å²) in [5, 5.41) is 4.14. The smallest absolute Gasteiger partial charge is 0.416 e. The van der Waals surface area contributed by atoms with Crippen molar-refractivity contribution in [2.24, 2.45) is 11.1 Å². The summed E-state index contributed by atoms with van der Waals surface area (Å²) in [6.45, 7) is 2.98. The van der Waals surface area contributed by atoms with Crippen LogP contribution in [-0.2, 0) is 17.6 Å². The van der Waals surface area contributed by atoms with E-state index in [1.807, 2.05) is 6.07 Å². The number of benzene rings is 2. The molecule has 0 radical (unpaired) electrons. The van der Waals surface area contributed by atoms with Gasteiger partial charge in [-0.25, -0.2) is 0 Å². The van der Waals surface area contributed by atoms with Gasteiger partial charge in [0.05, 0.1) is 11.8 Å². The third-order valence-electron chi connectivity index (χ3n) is 5.61. The van der Waals surface area contributed by atoms with Gasteiger partial charge < -0.3 is 9.57 Å². The van der Waals surface area contributed by atoms with Crippen LogP contribution in [0.3, 0.4) is 0 Å². The number of nitrogens with zero attached hydrogens (tertiary/aromatic N) is 2. The lowest BCUT2D eigenvalue weighted by Crippen LogP contribution is -2.50. The molecule has 1 atom stereocenters. The molecule has 2 aromatic carbocycles. The summed E-state index contributed by atoms with van der Waals surface area (Å²) < 4.78 is 45.2. The number of hydrogen-bond donors (Lipinski definition) is 0. The zero-order chi connectivity index (χ0) is 20.3. The summed E-state index contributed by atoms with van der Waals surface area (Å²) in [5.74, 6) is 1.01. The van der Waals surface area contributed by atoms with E-state index in [1.54, 1.807) is 30.5 Å². The van der Waals surface area contributed by atoms with Crippen LogP contribution in [0.1, 0.15) is 29.5 Å². The number of rotatable bonds is 6. The zero-order valence-electron chi connectivity index (χ0n) is 15.9. The molecule has 7 heteroatoms. The van der Waals surface area contributed by atoms with E-state index in [4.69, 9.17) is 9.57 Å². The van der Waals surface area contributed by atoms with Crippen molar-refractivity contribution in [3.05, 3.63) is 65.2 Å². The quantitative estimate of drug-likeness (QED) is 0.516. The Labute approximate surface area is 167 Å². The monoisotopic (exact) mass is 404 g/mol. The van der Waals surface area contributed by atoms with Gasteiger partial charge in [0.25, 0.3) is 0 Å². The number of oxime groups is 1. The van der Waals surface area contributed by atoms with Crippen molar-refractivity contribution in [2.45, 2.75) is 31.7 Å². The van der Waals surface area contributed by atoms with Crippen molar-refractivity contribution in [1.82, 2.24) is 4.90 Å². The normalized spacial score (nSPS) is 24.0. The van der Waals surface area contributed by atoms with Crippen LogP contribution < -0.4 is 4.74 Å². The fourth-order valence-electron chi connectivity index (χ4n) is 3.99. The molecule has 29 heavy (non-hydrogen) atoms. The van der Waals surface area contributed by atoms with E-state index in [9.17, 15) is 13.2 Å². The predicted octanol–water partition coefficient (Wildman–Crippen LogP) is 4.73. The van der Waals surface area contributed by atoms with Gasteiger partial charge >= 0.3 is 6.18 Å². The van der Waals surface area contributed by atoms with E-state index < -0.39 is 11.7 Å². The Bertz CT molecular complexity index is 861. The predicted molar refractivity (Wildman–Crippen MR) is 104 cm³/mol. The Balaban J connectivity index is 1.41. The van der Waals surface area contributed by atoms with Crippen molar-refractivity contribution in [1.29, 1.82) is 0 Å². The summed E-state index contributed by atoms with van der Waals surface area (Å²) in [7, 11) is 0. The SMILES string of the molecule is FC(F)(F)c1ccccc1COc1ccccc1C=NOC1CN2CCC1CC2. The molecule has 1 unspecified atom stereocenters. The highest BCUT2D eigenvalue weighted by Crippen LogP contribution is 2.33. The zero-order valence-corrected chi connectivity index (χ0v) is 15.9. The Morgan fingerprint density at radius 3 is 2.48 bits per heavy atom. The Kier molecular flexibility index (Phi) is 5.76. The second-order valence-electron chi connectivity index (χ2n) is 7.50. The minimum absolute atomic E-state index is 0.0928. The van der Waals surface area contributed by atoms with Crippen LogP contribution in [0.5, 0.6) is 5.75 Å². The summed E-state index contributed by atoms with van der Waals surface area (Å²) in [6.07, 6.45) is -0.468. The second-order valence-corrected chi connectivity index (χ2v) is 7.50. The van der Waals surface area contributed by atoms with Crippen molar-refractivity contribution < 1.29 is 22.7 Å². The maximum absolute atomic E-state index is 13.2. The molecule has 0 saturated carbocycles. The average Bonchev–Trinajstić information content (AvgIpc) is 2.73. The topological polar surface area (TPSA) is 34.1 Å². The minimum atomic E-state index is -4.41. The Morgan fingerprint density at radius 1 is 1.03 bits per heavy atom. The van der Waals surface area contributed by atoms with E-state index in [1.165, 1.54) is 12.1 Å². The molecule has 0 N–H and O–H groups in total. The standard InChI is InChI=1S/C22H23F3N2O2/c23-22(24,25)19-7-3-1-6-18(19)15-28-20-8-4-2-5-17(20)13-26-29-21-14-27-11-9-16(21)10-12-27/h1-8,13,16,21H,9-12,14-15H2. The van der Waals surface area contributed by atoms with Gasteiger partial charge in [-0.15, -0.1) is 0 Å². The lowest BCUT2D eigenvalue weighted by molar-refractivity contribution is -0.138. The summed E-state index contributed by atoms with van der Waals surface area (Å²) >= 11 is 0. The lowest BCUT2D eigenvalue weighted by atomic mass is 9.86. The number of ether oxygens (including phenoxy) is 1. The fourth-order valence-corrected chi connectivity index (χ4v) is 3.99. The summed E-state index contributed by atoms with van der Waals surface area (Å²) in [4.78, 5) is 8.11. The molecule has 3 heterocycles. The highest BCUT2D eigenvalue weighted by Gasteiger charge is 2.35. The molecule has 2 bridgehead atoms. The molecule has 0 spiro atoms. The van der Waals surface area contributed by atoms with Gasteiger partial charge in [-0.3, -0.25) is 4.90 Å². The summed E-state index contributed by atoms with van der Waals surface area (Å²) in [5.41, 5.74) is 0.0744. The molecule has 3 fully saturated rings. The van der Waals surface area contributed by atoms with Gasteiger partial charge in [0, 0.05) is 23.6 Å².